The molecule has 1 atom stereocenters. The maximum Gasteiger partial charge on any atom is 0.319 e. The molecule has 0 radical (unpaired) electrons. The first-order valence-corrected chi connectivity index (χ1v) is 7.58. The molecule has 0 aromatic heterocycles. The van der Waals surface area contributed by atoms with Gasteiger partial charge < -0.3 is 10.4 Å². The fraction of sp³-hybridized carbons (Fsp3) is 0.529. The second-order valence-corrected chi connectivity index (χ2v) is 6.64. The quantitative estimate of drug-likeness (QED) is 0.835. The molecular formula is C17H21NO3. The Balaban J connectivity index is 1.74. The average molecular weight is 287 g/mol. The van der Waals surface area contributed by atoms with Crippen LogP contribution in [-0.4, -0.2) is 23.5 Å². The van der Waals surface area contributed by atoms with Crippen molar-refractivity contribution in [3.63, 3.8) is 0 Å². The number of nitrogens with one attached hydrogen (secondary N) is 1. The Morgan fingerprint density at radius 3 is 2.62 bits per heavy atom. The van der Waals surface area contributed by atoms with Crippen LogP contribution in [0.2, 0.25) is 0 Å². The highest BCUT2D eigenvalue weighted by atomic mass is 16.4. The van der Waals surface area contributed by atoms with E-state index in [0.29, 0.717) is 19.4 Å². The Kier molecular flexibility index (Phi) is 3.27. The van der Waals surface area contributed by atoms with E-state index in [4.69, 9.17) is 0 Å². The van der Waals surface area contributed by atoms with E-state index in [1.807, 2.05) is 12.1 Å². The van der Waals surface area contributed by atoms with Crippen molar-refractivity contribution in [2.24, 2.45) is 5.41 Å². The van der Waals surface area contributed by atoms with Gasteiger partial charge in [0.15, 0.2) is 0 Å². The van der Waals surface area contributed by atoms with Crippen LogP contribution in [0.3, 0.4) is 0 Å². The van der Waals surface area contributed by atoms with Gasteiger partial charge in [0.25, 0.3) is 0 Å². The number of benzene rings is 1. The molecule has 3 rings (SSSR count). The first-order valence-electron chi connectivity index (χ1n) is 7.58. The summed E-state index contributed by atoms with van der Waals surface area (Å²) in [5.74, 6) is -1.31. The van der Waals surface area contributed by atoms with Crippen molar-refractivity contribution in [1.82, 2.24) is 5.32 Å². The van der Waals surface area contributed by atoms with Gasteiger partial charge in [0, 0.05) is 12.0 Å². The van der Waals surface area contributed by atoms with Gasteiger partial charge in [-0.3, -0.25) is 9.59 Å². The summed E-state index contributed by atoms with van der Waals surface area (Å²) in [7, 11) is 0. The highest BCUT2D eigenvalue weighted by Crippen LogP contribution is 2.46. The van der Waals surface area contributed by atoms with Crippen LogP contribution in [0, 0.1) is 5.41 Å². The van der Waals surface area contributed by atoms with Crippen LogP contribution in [0.5, 0.6) is 0 Å². The molecule has 0 aliphatic heterocycles. The lowest BCUT2D eigenvalue weighted by Gasteiger charge is -2.36. The summed E-state index contributed by atoms with van der Waals surface area (Å²) < 4.78 is 0. The predicted molar refractivity (Wildman–Crippen MR) is 79.0 cm³/mol. The zero-order chi connectivity index (χ0) is 15.1. The first kappa shape index (κ1) is 14.1. The van der Waals surface area contributed by atoms with Gasteiger partial charge in [-0.15, -0.1) is 0 Å². The summed E-state index contributed by atoms with van der Waals surface area (Å²) in [6.45, 7) is 2.67. The number of hydrogen-bond acceptors (Lipinski definition) is 2. The SMILES string of the molecule is CC1(CNC(=O)C2(C(=O)O)CC2)CCCc2ccccc21. The van der Waals surface area contributed by atoms with Crippen LogP contribution in [0.15, 0.2) is 24.3 Å². The third-order valence-corrected chi connectivity index (χ3v) is 5.08. The predicted octanol–water partition coefficient (Wildman–Crippen LogP) is 2.26. The van der Waals surface area contributed by atoms with E-state index in [9.17, 15) is 14.7 Å². The zero-order valence-corrected chi connectivity index (χ0v) is 12.3. The molecule has 1 saturated carbocycles. The summed E-state index contributed by atoms with van der Waals surface area (Å²) in [6, 6.07) is 8.36. The number of aryl methyl sites for hydroxylation is 1. The van der Waals surface area contributed by atoms with Gasteiger partial charge in [-0.25, -0.2) is 0 Å². The van der Waals surface area contributed by atoms with Crippen LogP contribution in [0.1, 0.15) is 43.7 Å². The van der Waals surface area contributed by atoms with E-state index in [1.54, 1.807) is 0 Å². The Labute approximate surface area is 124 Å². The lowest BCUT2D eigenvalue weighted by Crippen LogP contribution is -2.45. The molecule has 2 aliphatic rings. The molecule has 0 heterocycles. The summed E-state index contributed by atoms with van der Waals surface area (Å²) in [4.78, 5) is 23.4. The number of carboxylic acids is 1. The van der Waals surface area contributed by atoms with Crippen molar-refractivity contribution in [3.8, 4) is 0 Å². The molecule has 1 amide bonds. The maximum absolute atomic E-state index is 12.2. The van der Waals surface area contributed by atoms with Crippen LogP contribution in [0.25, 0.3) is 0 Å². The third kappa shape index (κ3) is 2.33. The molecule has 0 bridgehead atoms. The van der Waals surface area contributed by atoms with Crippen molar-refractivity contribution < 1.29 is 14.7 Å². The molecule has 21 heavy (non-hydrogen) atoms. The number of carbonyl (C=O) groups excluding carboxylic acids is 1. The summed E-state index contributed by atoms with van der Waals surface area (Å²) in [5, 5.41) is 12.1. The number of fused-ring (bicyclic) bond motifs is 1. The van der Waals surface area contributed by atoms with E-state index in [-0.39, 0.29) is 11.3 Å². The molecule has 1 unspecified atom stereocenters. The van der Waals surface area contributed by atoms with Crippen LogP contribution >= 0.6 is 0 Å². The van der Waals surface area contributed by atoms with Crippen molar-refractivity contribution in [2.75, 3.05) is 6.54 Å². The Hall–Kier alpha value is -1.84. The molecule has 0 spiro atoms. The van der Waals surface area contributed by atoms with Gasteiger partial charge in [-0.2, -0.15) is 0 Å². The minimum absolute atomic E-state index is 0.0981. The van der Waals surface area contributed by atoms with Gasteiger partial charge >= 0.3 is 5.97 Å². The number of aliphatic carboxylic acids is 1. The Bertz CT molecular complexity index is 591. The largest absolute Gasteiger partial charge is 0.480 e. The summed E-state index contributed by atoms with van der Waals surface area (Å²) in [5.41, 5.74) is 1.39. The maximum atomic E-state index is 12.2. The lowest BCUT2D eigenvalue weighted by atomic mass is 9.71. The number of amides is 1. The van der Waals surface area contributed by atoms with Gasteiger partial charge in [0.2, 0.25) is 5.91 Å². The number of carbonyl (C=O) groups is 2. The molecule has 2 aliphatic carbocycles. The van der Waals surface area contributed by atoms with Gasteiger partial charge in [0.05, 0.1) is 0 Å². The Morgan fingerprint density at radius 2 is 1.95 bits per heavy atom. The average Bonchev–Trinajstić information content (AvgIpc) is 3.27. The fourth-order valence-corrected chi connectivity index (χ4v) is 3.42. The zero-order valence-electron chi connectivity index (χ0n) is 12.3. The second kappa shape index (κ2) is 4.86. The van der Waals surface area contributed by atoms with Crippen molar-refractivity contribution in [2.45, 2.75) is 44.4 Å². The van der Waals surface area contributed by atoms with Crippen molar-refractivity contribution in [1.29, 1.82) is 0 Å². The topological polar surface area (TPSA) is 66.4 Å². The normalized spacial score (nSPS) is 25.8. The minimum atomic E-state index is -1.15. The molecular weight excluding hydrogens is 266 g/mol. The van der Waals surface area contributed by atoms with Gasteiger partial charge in [-0.1, -0.05) is 31.2 Å². The molecule has 1 aromatic rings. The van der Waals surface area contributed by atoms with Crippen molar-refractivity contribution in [3.05, 3.63) is 35.4 Å². The molecule has 0 saturated heterocycles. The highest BCUT2D eigenvalue weighted by Gasteiger charge is 2.57. The van der Waals surface area contributed by atoms with E-state index in [2.05, 4.69) is 24.4 Å². The third-order valence-electron chi connectivity index (χ3n) is 5.08. The minimum Gasteiger partial charge on any atom is -0.480 e. The highest BCUT2D eigenvalue weighted by molar-refractivity contribution is 6.04. The molecule has 4 heteroatoms. The molecule has 1 fully saturated rings. The number of rotatable bonds is 4. The van der Waals surface area contributed by atoms with Crippen molar-refractivity contribution >= 4 is 11.9 Å². The number of carboxylic acid groups (broad SMARTS) is 1. The number of hydrogen-bond donors (Lipinski definition) is 2. The van der Waals surface area contributed by atoms with E-state index < -0.39 is 11.4 Å². The smallest absolute Gasteiger partial charge is 0.319 e. The van der Waals surface area contributed by atoms with Crippen LogP contribution in [-0.2, 0) is 21.4 Å². The molecule has 2 N–H and O–H groups in total. The summed E-state index contributed by atoms with van der Waals surface area (Å²) >= 11 is 0. The molecule has 1 aromatic carbocycles. The molecule has 4 nitrogen and oxygen atoms in total. The fourth-order valence-electron chi connectivity index (χ4n) is 3.42. The van der Waals surface area contributed by atoms with Gasteiger partial charge in [0.1, 0.15) is 5.41 Å². The van der Waals surface area contributed by atoms with E-state index in [1.165, 1.54) is 11.1 Å². The summed E-state index contributed by atoms with van der Waals surface area (Å²) in [6.07, 6.45) is 4.12. The molecule has 112 valence electrons. The standard InChI is InChI=1S/C17H21NO3/c1-16(8-4-6-12-5-2-3-7-13(12)16)11-18-14(19)17(9-10-17)15(20)21/h2-3,5,7H,4,6,8-11H2,1H3,(H,18,19)(H,20,21). The van der Waals surface area contributed by atoms with E-state index >= 15 is 0 Å². The first-order chi connectivity index (χ1) is 9.98. The van der Waals surface area contributed by atoms with Crippen LogP contribution in [0.4, 0.5) is 0 Å². The Morgan fingerprint density at radius 1 is 1.24 bits per heavy atom. The van der Waals surface area contributed by atoms with Gasteiger partial charge in [-0.05, 0) is 43.2 Å². The second-order valence-electron chi connectivity index (χ2n) is 6.64. The van der Waals surface area contributed by atoms with E-state index in [0.717, 1.165) is 19.3 Å². The lowest BCUT2D eigenvalue weighted by molar-refractivity contribution is -0.149. The monoisotopic (exact) mass is 287 g/mol. The van der Waals surface area contributed by atoms with Crippen LogP contribution < -0.4 is 5.32 Å².